The summed E-state index contributed by atoms with van der Waals surface area (Å²) >= 11 is 0. The van der Waals surface area contributed by atoms with Gasteiger partial charge in [-0.3, -0.25) is 38.4 Å². The lowest BCUT2D eigenvalue weighted by molar-refractivity contribution is -0.161. The third-order valence-electron chi connectivity index (χ3n) is 19.8. The first-order valence-corrected chi connectivity index (χ1v) is 36.2. The number of esters is 8. The van der Waals surface area contributed by atoms with Crippen LogP contribution in [0.1, 0.15) is 229 Å². The zero-order valence-electron chi connectivity index (χ0n) is 58.0. The molecule has 0 aromatic carbocycles. The average molecular weight is 1330 g/mol. The third-order valence-corrected chi connectivity index (χ3v) is 19.8. The second kappa shape index (κ2) is 35.0. The summed E-state index contributed by atoms with van der Waals surface area (Å²) in [7, 11) is 0. The van der Waals surface area contributed by atoms with Gasteiger partial charge in [0.2, 0.25) is 0 Å². The lowest BCUT2D eigenvalue weighted by Gasteiger charge is -2.30. The van der Waals surface area contributed by atoms with Gasteiger partial charge in [-0.25, -0.2) is 9.97 Å². The molecular weight excluding hydrogens is 1220 g/mol. The van der Waals surface area contributed by atoms with E-state index in [2.05, 4.69) is 9.97 Å². The number of carbonyl (C=O) groups is 8. The average Bonchev–Trinajstić information content (AvgIpc) is 1.58. The fraction of sp³-hybridized carbons (Fsp3) is 0.632. The maximum atomic E-state index is 14.5. The van der Waals surface area contributed by atoms with Gasteiger partial charge in [0, 0.05) is 22.1 Å². The Balaban J connectivity index is 1.36. The molecule has 0 radical (unpaired) electrons. The molecule has 9 rings (SSSR count). The molecule has 0 fully saturated rings. The lowest BCUT2D eigenvalue weighted by atomic mass is 9.74. The normalized spacial score (nSPS) is 21.0. The molecule has 8 unspecified atom stereocenters. The Labute approximate surface area is 564 Å². The molecule has 20 nitrogen and oxygen atoms in total. The Morgan fingerprint density at radius 3 is 0.594 bits per heavy atom. The van der Waals surface area contributed by atoms with Gasteiger partial charge < -0.3 is 47.9 Å². The zero-order chi connectivity index (χ0) is 68.4. The Kier molecular flexibility index (Phi) is 26.5. The van der Waals surface area contributed by atoms with E-state index in [1.54, 1.807) is 0 Å². The van der Waals surface area contributed by atoms with Crippen molar-refractivity contribution in [1.29, 1.82) is 0 Å². The summed E-state index contributed by atoms with van der Waals surface area (Å²) in [6, 6.07) is 7.64. The van der Waals surface area contributed by atoms with Crippen LogP contribution in [0.25, 0.3) is 44.4 Å². The summed E-state index contributed by atoms with van der Waals surface area (Å²) < 4.78 is 47.6. The van der Waals surface area contributed by atoms with Gasteiger partial charge in [-0.15, -0.1) is 0 Å². The number of rotatable bonds is 32. The molecule has 20 heteroatoms. The summed E-state index contributed by atoms with van der Waals surface area (Å²) in [5.74, 6) is -11.6. The molecule has 5 heterocycles. The van der Waals surface area contributed by atoms with Crippen LogP contribution in [0.5, 0.6) is 0 Å². The molecule has 6 aliphatic rings. The van der Waals surface area contributed by atoms with E-state index in [-0.39, 0.29) is 104 Å². The number of hydrogen-bond donors (Lipinski definition) is 2. The minimum Gasteiger partial charge on any atom is -0.465 e. The number of nitrogens with one attached hydrogen (secondary N) is 2. The molecule has 0 saturated carbocycles. The highest BCUT2D eigenvalue weighted by Gasteiger charge is 2.48. The van der Waals surface area contributed by atoms with E-state index in [1.165, 1.54) is 0 Å². The number of ether oxygens (including phenoxy) is 8. The van der Waals surface area contributed by atoms with Crippen molar-refractivity contribution in [1.82, 2.24) is 19.9 Å². The monoisotopic (exact) mass is 1330 g/mol. The number of carbonyl (C=O) groups excluding carboxylic acids is 8. The molecule has 4 aliphatic carbocycles. The summed E-state index contributed by atoms with van der Waals surface area (Å²) in [5.41, 5.74) is 9.95. The Morgan fingerprint density at radius 1 is 0.281 bits per heavy atom. The predicted octanol–water partition coefficient (Wildman–Crippen LogP) is 13.6. The number of hydrogen-bond acceptors (Lipinski definition) is 18. The van der Waals surface area contributed by atoms with E-state index in [1.807, 2.05) is 79.7 Å². The number of allylic oxidation sites excluding steroid dienone is 4. The van der Waals surface area contributed by atoms with Crippen molar-refractivity contribution in [3.63, 3.8) is 0 Å². The van der Waals surface area contributed by atoms with Crippen LogP contribution in [0, 0.1) is 47.3 Å². The van der Waals surface area contributed by atoms with Gasteiger partial charge in [-0.2, -0.15) is 0 Å². The van der Waals surface area contributed by atoms with Crippen molar-refractivity contribution in [2.75, 3.05) is 52.9 Å². The highest BCUT2D eigenvalue weighted by Crippen LogP contribution is 2.50. The molecule has 0 spiro atoms. The third kappa shape index (κ3) is 17.0. The van der Waals surface area contributed by atoms with Gasteiger partial charge >= 0.3 is 47.8 Å². The maximum absolute atomic E-state index is 14.5. The van der Waals surface area contributed by atoms with Gasteiger partial charge in [0.1, 0.15) is 0 Å². The number of aromatic amines is 2. The molecule has 3 aromatic rings. The van der Waals surface area contributed by atoms with Gasteiger partial charge in [0.05, 0.1) is 123 Å². The van der Waals surface area contributed by atoms with E-state index in [9.17, 15) is 38.4 Å². The van der Waals surface area contributed by atoms with Gasteiger partial charge in [-0.1, -0.05) is 107 Å². The number of nitrogens with zero attached hydrogens (tertiary/aromatic N) is 2. The summed E-state index contributed by atoms with van der Waals surface area (Å²) in [5, 5.41) is 0. The van der Waals surface area contributed by atoms with Gasteiger partial charge in [-0.05, 0) is 172 Å². The summed E-state index contributed by atoms with van der Waals surface area (Å²) in [4.78, 5) is 135. The molecule has 522 valence electrons. The van der Waals surface area contributed by atoms with Crippen LogP contribution in [-0.2, 0) is 102 Å². The number of unbranched alkanes of at least 4 members (excludes halogenated alkanes) is 8. The van der Waals surface area contributed by atoms with E-state index < -0.39 is 95.1 Å². The van der Waals surface area contributed by atoms with Crippen molar-refractivity contribution in [3.05, 3.63) is 69.3 Å². The van der Waals surface area contributed by atoms with Crippen molar-refractivity contribution in [3.8, 4) is 0 Å². The predicted molar refractivity (Wildman–Crippen MR) is 363 cm³/mol. The minimum absolute atomic E-state index is 0.0665. The number of fused-ring (bicyclic) bond motifs is 18. The molecule has 96 heavy (non-hydrogen) atoms. The molecule has 8 bridgehead atoms. The van der Waals surface area contributed by atoms with E-state index in [4.69, 9.17) is 47.9 Å². The van der Waals surface area contributed by atoms with Crippen LogP contribution >= 0.6 is 0 Å². The highest BCUT2D eigenvalue weighted by atomic mass is 16.6. The van der Waals surface area contributed by atoms with Crippen LogP contribution in [0.3, 0.4) is 0 Å². The van der Waals surface area contributed by atoms with Crippen LogP contribution in [-0.4, -0.2) is 121 Å². The smallest absolute Gasteiger partial charge is 0.310 e. The molecule has 0 amide bonds. The van der Waals surface area contributed by atoms with Gasteiger partial charge in [0.25, 0.3) is 0 Å². The molecule has 0 saturated heterocycles. The highest BCUT2D eigenvalue weighted by molar-refractivity contribution is 6.02. The molecule has 2 N–H and O–H groups in total. The quantitative estimate of drug-likeness (QED) is 0.0334. The van der Waals surface area contributed by atoms with E-state index in [0.29, 0.717) is 119 Å². The standard InChI is InChI=1S/C76H102N4O16/c1-9-17-25-89-69(81)53-33-45-46(34-54(53)70(82)90-26-18-10-2)62-42-64-49-37-57(73(85)93-29-21-13-5)58(74(86)94-30-22-14-6)38-50(49)66(79-64)44-68-52-40-60(76(88)96-32-24-16-8)59(75(87)95-31-23-15-7)39-51(52)67(80-68)43-65-48-36-56(72(84)92-28-20-12-4)55(71(83)91-27-19-11-3)35-47(48)63(78-65)41-61(45)77-62/h41-44,53-60,77,80H,9-40H2,1-8H3. The van der Waals surface area contributed by atoms with E-state index in [0.717, 1.165) is 73.6 Å². The Hall–Kier alpha value is -7.64. The fourth-order valence-corrected chi connectivity index (χ4v) is 14.0. The van der Waals surface area contributed by atoms with Crippen molar-refractivity contribution < 1.29 is 76.3 Å². The molecular formula is C76H102N4O16. The number of aromatic nitrogens is 4. The number of H-pyrrole nitrogens is 2. The second-order valence-electron chi connectivity index (χ2n) is 26.7. The van der Waals surface area contributed by atoms with Crippen LogP contribution in [0.4, 0.5) is 0 Å². The second-order valence-corrected chi connectivity index (χ2v) is 26.7. The zero-order valence-corrected chi connectivity index (χ0v) is 58.0. The first-order chi connectivity index (χ1) is 46.6. The largest absolute Gasteiger partial charge is 0.465 e. The maximum Gasteiger partial charge on any atom is 0.310 e. The minimum atomic E-state index is -0.938. The van der Waals surface area contributed by atoms with E-state index >= 15 is 0 Å². The lowest BCUT2D eigenvalue weighted by Crippen LogP contribution is -2.38. The summed E-state index contributed by atoms with van der Waals surface area (Å²) in [6.07, 6.45) is 12.0. The Bertz CT molecular complexity index is 3110. The van der Waals surface area contributed by atoms with Crippen molar-refractivity contribution >= 4 is 92.1 Å². The summed E-state index contributed by atoms with van der Waals surface area (Å²) in [6.45, 7) is 17.5. The molecule has 3 aromatic heterocycles. The van der Waals surface area contributed by atoms with Crippen LogP contribution in [0.15, 0.2) is 24.3 Å². The molecule has 8 atom stereocenters. The van der Waals surface area contributed by atoms with Gasteiger partial charge in [0.15, 0.2) is 0 Å². The SMILES string of the molecule is CCCCOC(=O)C1CC2=C(CC1C(=O)OCCCC)c1cc3[nH]c(cc4nc(cc5[nH]c(cc2n1)c1c5CC(C(=O)OCCCC)C(C(=O)OCCCC)C1)C1=C4CC(C(=O)OCCCC)C(C(=O)OCCCC)C1)c1c3CC(C(=O)OCCCC)C(C(=O)OCCCC)C1. The van der Waals surface area contributed by atoms with Crippen molar-refractivity contribution in [2.45, 2.75) is 209 Å². The Morgan fingerprint density at radius 2 is 0.438 bits per heavy atom. The first-order valence-electron chi connectivity index (χ1n) is 36.2. The van der Waals surface area contributed by atoms with Crippen molar-refractivity contribution in [2.24, 2.45) is 47.3 Å². The fourth-order valence-electron chi connectivity index (χ4n) is 14.0. The topological polar surface area (TPSA) is 268 Å². The first kappa shape index (κ1) is 72.6. The van der Waals surface area contributed by atoms with Crippen LogP contribution < -0.4 is 0 Å². The molecule has 2 aliphatic heterocycles. The van der Waals surface area contributed by atoms with Crippen LogP contribution in [0.2, 0.25) is 0 Å².